The van der Waals surface area contributed by atoms with E-state index in [-0.39, 0.29) is 31.8 Å². The third kappa shape index (κ3) is 11.3. The van der Waals surface area contributed by atoms with Crippen molar-refractivity contribution in [2.45, 2.75) is 62.7 Å². The smallest absolute Gasteiger partial charge is 0.326 e. The molecule has 14 N–H and O–H groups in total. The van der Waals surface area contributed by atoms with E-state index in [2.05, 4.69) is 25.9 Å². The Labute approximate surface area is 245 Å². The van der Waals surface area contributed by atoms with E-state index in [1.807, 2.05) is 0 Å². The number of benzene rings is 1. The number of nitrogens with one attached hydrogen (secondary N) is 4. The Balaban J connectivity index is 2.34. The number of aromatic nitrogens is 1. The predicted molar refractivity (Wildman–Crippen MR) is 154 cm³/mol. The third-order valence-electron chi connectivity index (χ3n) is 6.33. The number of hydrogen-bond acceptors (Lipinski definition) is 8. The molecule has 1 aromatic heterocycles. The molecule has 4 unspecified atom stereocenters. The molecule has 0 aliphatic heterocycles. The molecule has 17 nitrogen and oxygen atoms in total. The molecule has 2 aromatic rings. The number of hydrogen-bond donors (Lipinski definition) is 10. The zero-order valence-corrected chi connectivity index (χ0v) is 23.2. The fourth-order valence-corrected chi connectivity index (χ4v) is 4.16. The van der Waals surface area contributed by atoms with Gasteiger partial charge < -0.3 is 54.1 Å². The molecule has 4 atom stereocenters. The molecular formula is C26H37N9O8. The highest BCUT2D eigenvalue weighted by Gasteiger charge is 2.31. The molecule has 4 amide bonds. The summed E-state index contributed by atoms with van der Waals surface area (Å²) in [5.74, 6) is -6.28. The van der Waals surface area contributed by atoms with Gasteiger partial charge in [0.1, 0.15) is 18.1 Å². The summed E-state index contributed by atoms with van der Waals surface area (Å²) in [7, 11) is 0. The first-order valence-electron chi connectivity index (χ1n) is 13.3. The predicted octanol–water partition coefficient (Wildman–Crippen LogP) is -2.63. The lowest BCUT2D eigenvalue weighted by Crippen LogP contribution is -2.57. The molecule has 0 aliphatic carbocycles. The number of primary amides is 1. The number of fused-ring (bicyclic) bond motifs is 1. The summed E-state index contributed by atoms with van der Waals surface area (Å²) in [6, 6.07) is 1.66. The van der Waals surface area contributed by atoms with Crippen LogP contribution in [0, 0.1) is 0 Å². The van der Waals surface area contributed by atoms with Crippen LogP contribution >= 0.6 is 0 Å². The van der Waals surface area contributed by atoms with Crippen LogP contribution in [-0.4, -0.2) is 87.4 Å². The van der Waals surface area contributed by atoms with Gasteiger partial charge in [-0.2, -0.15) is 0 Å². The lowest BCUT2D eigenvalue weighted by Gasteiger charge is -2.25. The molecule has 0 saturated carbocycles. The van der Waals surface area contributed by atoms with E-state index in [4.69, 9.17) is 28.0 Å². The fourth-order valence-electron chi connectivity index (χ4n) is 4.16. The molecule has 0 fully saturated rings. The maximum absolute atomic E-state index is 13.5. The van der Waals surface area contributed by atoms with Crippen molar-refractivity contribution in [1.29, 1.82) is 0 Å². The molecule has 0 aliphatic rings. The van der Waals surface area contributed by atoms with Crippen LogP contribution in [0.3, 0.4) is 0 Å². The van der Waals surface area contributed by atoms with Crippen molar-refractivity contribution >= 4 is 52.4 Å². The van der Waals surface area contributed by atoms with Crippen molar-refractivity contribution in [2.75, 3.05) is 6.54 Å². The van der Waals surface area contributed by atoms with Gasteiger partial charge in [-0.1, -0.05) is 18.2 Å². The number of carboxylic acids is 2. The van der Waals surface area contributed by atoms with Crippen LogP contribution in [-0.2, 0) is 35.2 Å². The highest BCUT2D eigenvalue weighted by molar-refractivity contribution is 5.95. The number of amides is 4. The average molecular weight is 604 g/mol. The molecule has 0 spiro atoms. The minimum absolute atomic E-state index is 0.00453. The lowest BCUT2D eigenvalue weighted by molar-refractivity contribution is -0.143. The van der Waals surface area contributed by atoms with E-state index in [9.17, 15) is 33.9 Å². The van der Waals surface area contributed by atoms with Crippen LogP contribution in [0.2, 0.25) is 0 Å². The Morgan fingerprint density at radius 3 is 2.12 bits per heavy atom. The SMILES string of the molecule is NC(=O)CC(N)C(=O)NC(CCCN=C(N)N)C(=O)NC(Cc1c[nH]c2ccccc12)C(=O)NC(CCC(=O)O)C(=O)O. The van der Waals surface area contributed by atoms with Gasteiger partial charge in [-0.05, 0) is 30.9 Å². The summed E-state index contributed by atoms with van der Waals surface area (Å²) in [6.45, 7) is 0.110. The molecule has 1 aromatic carbocycles. The van der Waals surface area contributed by atoms with Crippen LogP contribution in [0.5, 0.6) is 0 Å². The largest absolute Gasteiger partial charge is 0.481 e. The van der Waals surface area contributed by atoms with E-state index < -0.39 is 79.0 Å². The first-order chi connectivity index (χ1) is 20.3. The van der Waals surface area contributed by atoms with E-state index in [0.717, 1.165) is 10.9 Å². The summed E-state index contributed by atoms with van der Waals surface area (Å²) in [4.78, 5) is 80.3. The summed E-state index contributed by atoms with van der Waals surface area (Å²) in [6.07, 6.45) is 0.354. The van der Waals surface area contributed by atoms with Gasteiger partial charge >= 0.3 is 11.9 Å². The van der Waals surface area contributed by atoms with Gasteiger partial charge in [-0.15, -0.1) is 0 Å². The summed E-state index contributed by atoms with van der Waals surface area (Å²) in [5.41, 5.74) is 22.9. The van der Waals surface area contributed by atoms with Gasteiger partial charge in [0.15, 0.2) is 5.96 Å². The van der Waals surface area contributed by atoms with Crippen molar-refractivity contribution in [3.05, 3.63) is 36.0 Å². The van der Waals surface area contributed by atoms with Crippen molar-refractivity contribution in [3.8, 4) is 0 Å². The third-order valence-corrected chi connectivity index (χ3v) is 6.33. The van der Waals surface area contributed by atoms with Gasteiger partial charge in [0.2, 0.25) is 23.6 Å². The van der Waals surface area contributed by atoms with Gasteiger partial charge in [0.05, 0.1) is 12.5 Å². The number of aliphatic imine (C=N–C) groups is 1. The standard InChI is InChI=1S/C26H37N9O8/c27-15(11-20(28)36)22(39)33-17(6-3-9-31-26(29)30)23(40)35-19(10-13-12-32-16-5-2-1-4-14(13)16)24(41)34-18(25(42)43)7-8-21(37)38/h1-2,4-5,12,15,17-19,32H,3,6-11,27H2,(H2,28,36)(H,33,39)(H,34,41)(H,35,40)(H,37,38)(H,42,43)(H4,29,30,31). The van der Waals surface area contributed by atoms with Crippen LogP contribution in [0.15, 0.2) is 35.5 Å². The first-order valence-corrected chi connectivity index (χ1v) is 13.3. The summed E-state index contributed by atoms with van der Waals surface area (Å²) < 4.78 is 0. The Hall–Kier alpha value is -5.19. The Morgan fingerprint density at radius 2 is 1.49 bits per heavy atom. The number of carbonyl (C=O) groups is 6. The second kappa shape index (κ2) is 16.3. The van der Waals surface area contributed by atoms with Gasteiger partial charge in [-0.3, -0.25) is 29.0 Å². The number of aromatic amines is 1. The fraction of sp³-hybridized carbons (Fsp3) is 0.423. The molecule has 17 heteroatoms. The van der Waals surface area contributed by atoms with Gasteiger partial charge in [-0.25, -0.2) is 4.79 Å². The van der Waals surface area contributed by atoms with E-state index in [0.29, 0.717) is 5.56 Å². The van der Waals surface area contributed by atoms with Crippen molar-refractivity contribution in [2.24, 2.45) is 27.9 Å². The maximum Gasteiger partial charge on any atom is 0.326 e. The summed E-state index contributed by atoms with van der Waals surface area (Å²) >= 11 is 0. The van der Waals surface area contributed by atoms with Gasteiger partial charge in [0, 0.05) is 36.5 Å². The molecule has 2 rings (SSSR count). The number of H-pyrrole nitrogens is 1. The molecule has 0 saturated heterocycles. The Morgan fingerprint density at radius 1 is 0.860 bits per heavy atom. The number of guanidine groups is 1. The quantitative estimate of drug-likeness (QED) is 0.0477. The molecule has 0 bridgehead atoms. The number of carboxylic acid groups (broad SMARTS) is 2. The van der Waals surface area contributed by atoms with E-state index in [1.54, 1.807) is 30.5 Å². The second-order valence-electron chi connectivity index (χ2n) is 9.74. The van der Waals surface area contributed by atoms with Crippen LogP contribution in [0.4, 0.5) is 0 Å². The zero-order valence-electron chi connectivity index (χ0n) is 23.2. The van der Waals surface area contributed by atoms with Crippen molar-refractivity contribution in [1.82, 2.24) is 20.9 Å². The van der Waals surface area contributed by atoms with Crippen LogP contribution < -0.4 is 38.9 Å². The highest BCUT2D eigenvalue weighted by atomic mass is 16.4. The van der Waals surface area contributed by atoms with E-state index >= 15 is 0 Å². The minimum Gasteiger partial charge on any atom is -0.481 e. The molecular weight excluding hydrogens is 566 g/mol. The topological polar surface area (TPSA) is 311 Å². The second-order valence-corrected chi connectivity index (χ2v) is 9.74. The lowest BCUT2D eigenvalue weighted by atomic mass is 10.0. The molecule has 1 heterocycles. The first kappa shape index (κ1) is 34.0. The number of rotatable bonds is 18. The average Bonchev–Trinajstić information content (AvgIpc) is 3.33. The number of nitrogens with zero attached hydrogens (tertiary/aromatic N) is 1. The van der Waals surface area contributed by atoms with Crippen LogP contribution in [0.1, 0.15) is 37.7 Å². The van der Waals surface area contributed by atoms with E-state index in [1.165, 1.54) is 0 Å². The Bertz CT molecular complexity index is 1360. The molecule has 234 valence electrons. The number of nitrogens with two attached hydrogens (primary N) is 4. The summed E-state index contributed by atoms with van der Waals surface area (Å²) in [5, 5.41) is 26.5. The van der Waals surface area contributed by atoms with Crippen molar-refractivity contribution in [3.63, 3.8) is 0 Å². The van der Waals surface area contributed by atoms with Crippen LogP contribution in [0.25, 0.3) is 10.9 Å². The zero-order chi connectivity index (χ0) is 32.1. The van der Waals surface area contributed by atoms with Gasteiger partial charge in [0.25, 0.3) is 0 Å². The number of carbonyl (C=O) groups excluding carboxylic acids is 4. The Kier molecular flexibility index (Phi) is 12.9. The number of aliphatic carboxylic acids is 2. The minimum atomic E-state index is -1.55. The molecule has 0 radical (unpaired) electrons. The normalized spacial score (nSPS) is 13.6. The number of para-hydroxylation sites is 1. The maximum atomic E-state index is 13.5. The monoisotopic (exact) mass is 603 g/mol. The van der Waals surface area contributed by atoms with Crippen molar-refractivity contribution < 1.29 is 39.0 Å². The highest BCUT2D eigenvalue weighted by Crippen LogP contribution is 2.19. The molecule has 43 heavy (non-hydrogen) atoms.